The molecular weight excluding hydrogens is 195 g/mol. The summed E-state index contributed by atoms with van der Waals surface area (Å²) in [5.74, 6) is -2.10. The maximum Gasteiger partial charge on any atom is 0.424 e. The third-order valence-electron chi connectivity index (χ3n) is 1.24. The highest BCUT2D eigenvalue weighted by atomic mass is 32.1. The fourth-order valence-corrected chi connectivity index (χ4v) is 0.506. The molecule has 0 spiro atoms. The number of halogens is 3. The second-order valence-electron chi connectivity index (χ2n) is 2.08. The number of thiocarbonyl (C=S) groups is 1. The molecule has 0 aromatic heterocycles. The lowest BCUT2D eigenvalue weighted by molar-refractivity contribution is -0.197. The Balaban J connectivity index is 5.15. The van der Waals surface area contributed by atoms with Crippen LogP contribution in [0.5, 0.6) is 0 Å². The van der Waals surface area contributed by atoms with Crippen LogP contribution in [-0.4, -0.2) is 28.0 Å². The molecule has 0 fully saturated rings. The number of alkyl halides is 3. The first kappa shape index (κ1) is 11.1. The molecule has 0 bridgehead atoms. The molecule has 0 radical (unpaired) electrons. The van der Waals surface area contributed by atoms with E-state index in [0.29, 0.717) is 6.92 Å². The summed E-state index contributed by atoms with van der Waals surface area (Å²) >= 11 is 3.91. The summed E-state index contributed by atoms with van der Waals surface area (Å²) in [6, 6.07) is 0. The zero-order valence-electron chi connectivity index (χ0n) is 5.84. The molecule has 12 heavy (non-hydrogen) atoms. The molecule has 0 saturated carbocycles. The maximum atomic E-state index is 12.0. The average Bonchev–Trinajstić information content (AvgIpc) is 1.85. The van der Waals surface area contributed by atoms with E-state index >= 15 is 0 Å². The number of hydrogen-bond donors (Lipinski definition) is 1. The first-order valence-electron chi connectivity index (χ1n) is 2.65. The van der Waals surface area contributed by atoms with Crippen LogP contribution in [0.2, 0.25) is 0 Å². The van der Waals surface area contributed by atoms with E-state index < -0.39 is 17.7 Å². The number of aliphatic imine (C=N–C) groups is 1. The number of hydrogen-bond acceptors (Lipinski definition) is 3. The summed E-state index contributed by atoms with van der Waals surface area (Å²) < 4.78 is 35.9. The van der Waals surface area contributed by atoms with Gasteiger partial charge in [0.15, 0.2) is 0 Å². The zero-order valence-corrected chi connectivity index (χ0v) is 6.66. The highest BCUT2D eigenvalue weighted by molar-refractivity contribution is 7.78. The number of rotatable bonds is 2. The molecule has 0 aliphatic carbocycles. The zero-order chi connectivity index (χ0) is 9.99. The van der Waals surface area contributed by atoms with E-state index in [1.807, 2.05) is 0 Å². The number of isothiocyanates is 1. The maximum absolute atomic E-state index is 12.0. The Morgan fingerprint density at radius 3 is 2.08 bits per heavy atom. The Bertz CT molecular complexity index is 242. The van der Waals surface area contributed by atoms with Crippen LogP contribution in [-0.2, 0) is 4.79 Å². The summed E-state index contributed by atoms with van der Waals surface area (Å²) in [5.41, 5.74) is -3.19. The minimum absolute atomic E-state index is 0.411. The number of nitrogens with zero attached hydrogens (tertiary/aromatic N) is 1. The molecule has 7 heteroatoms. The molecule has 1 N–H and O–H groups in total. The van der Waals surface area contributed by atoms with Crippen LogP contribution in [0.4, 0.5) is 13.2 Å². The van der Waals surface area contributed by atoms with Crippen molar-refractivity contribution in [2.75, 3.05) is 0 Å². The summed E-state index contributed by atoms with van der Waals surface area (Å²) in [7, 11) is 0. The minimum atomic E-state index is -4.97. The minimum Gasteiger partial charge on any atom is -0.479 e. The van der Waals surface area contributed by atoms with Crippen molar-refractivity contribution >= 4 is 23.3 Å². The monoisotopic (exact) mass is 199 g/mol. The molecule has 0 rings (SSSR count). The van der Waals surface area contributed by atoms with E-state index in [4.69, 9.17) is 5.11 Å². The van der Waals surface area contributed by atoms with Crippen molar-refractivity contribution in [3.05, 3.63) is 0 Å². The van der Waals surface area contributed by atoms with Crippen molar-refractivity contribution in [2.45, 2.75) is 18.6 Å². The third-order valence-corrected chi connectivity index (χ3v) is 1.33. The normalized spacial score (nSPS) is 16.0. The van der Waals surface area contributed by atoms with Crippen LogP contribution in [0.3, 0.4) is 0 Å². The number of carboxylic acid groups (broad SMARTS) is 1. The Hall–Kier alpha value is -0.940. The van der Waals surface area contributed by atoms with Crippen molar-refractivity contribution in [2.24, 2.45) is 4.99 Å². The van der Waals surface area contributed by atoms with Crippen LogP contribution >= 0.6 is 12.2 Å². The second-order valence-corrected chi connectivity index (χ2v) is 2.26. The van der Waals surface area contributed by atoms with E-state index in [9.17, 15) is 18.0 Å². The first-order chi connectivity index (χ1) is 5.25. The highest BCUT2D eigenvalue weighted by Crippen LogP contribution is 2.33. The summed E-state index contributed by atoms with van der Waals surface area (Å²) in [6.07, 6.45) is -4.97. The van der Waals surface area contributed by atoms with E-state index in [1.165, 1.54) is 5.16 Å². The van der Waals surface area contributed by atoms with Crippen molar-refractivity contribution in [3.8, 4) is 0 Å². The van der Waals surface area contributed by atoms with Crippen LogP contribution in [0, 0.1) is 0 Å². The van der Waals surface area contributed by atoms with Crippen molar-refractivity contribution in [1.82, 2.24) is 0 Å². The van der Waals surface area contributed by atoms with Crippen LogP contribution in [0.15, 0.2) is 4.99 Å². The molecular formula is C5H4F3NO2S. The summed E-state index contributed by atoms with van der Waals surface area (Å²) in [4.78, 5) is 12.7. The van der Waals surface area contributed by atoms with Gasteiger partial charge in [-0.3, -0.25) is 0 Å². The predicted molar refractivity (Wildman–Crippen MR) is 37.1 cm³/mol. The van der Waals surface area contributed by atoms with Crippen molar-refractivity contribution in [1.29, 1.82) is 0 Å². The lowest BCUT2D eigenvalue weighted by Crippen LogP contribution is -2.47. The van der Waals surface area contributed by atoms with E-state index in [-0.39, 0.29) is 0 Å². The van der Waals surface area contributed by atoms with Gasteiger partial charge in [0.05, 0.1) is 5.16 Å². The molecule has 0 aromatic rings. The van der Waals surface area contributed by atoms with Gasteiger partial charge in [0.25, 0.3) is 5.54 Å². The molecule has 1 unspecified atom stereocenters. The molecule has 68 valence electrons. The van der Waals surface area contributed by atoms with Gasteiger partial charge < -0.3 is 5.11 Å². The van der Waals surface area contributed by atoms with Crippen LogP contribution < -0.4 is 0 Å². The second kappa shape index (κ2) is 3.20. The van der Waals surface area contributed by atoms with Gasteiger partial charge in [0.1, 0.15) is 0 Å². The molecule has 3 nitrogen and oxygen atoms in total. The fourth-order valence-electron chi connectivity index (χ4n) is 0.324. The Morgan fingerprint density at radius 2 is 2.00 bits per heavy atom. The van der Waals surface area contributed by atoms with Gasteiger partial charge in [-0.2, -0.15) is 13.2 Å². The number of carboxylic acids is 1. The fraction of sp³-hybridized carbons (Fsp3) is 0.600. The summed E-state index contributed by atoms with van der Waals surface area (Å²) in [6.45, 7) is 0.411. The van der Waals surface area contributed by atoms with Gasteiger partial charge >= 0.3 is 12.1 Å². The van der Waals surface area contributed by atoms with Crippen molar-refractivity contribution in [3.63, 3.8) is 0 Å². The highest BCUT2D eigenvalue weighted by Gasteiger charge is 2.57. The molecule has 0 aromatic carbocycles. The number of aliphatic carboxylic acids is 1. The standard InChI is InChI=1S/C5H4F3NO2S/c1-4(3(10)11,9-2-12)5(6,7)8/h1H3,(H,10,11). The van der Waals surface area contributed by atoms with E-state index in [0.717, 1.165) is 0 Å². The van der Waals surface area contributed by atoms with Gasteiger partial charge in [-0.25, -0.2) is 9.79 Å². The molecule has 0 aliphatic heterocycles. The smallest absolute Gasteiger partial charge is 0.424 e. The molecule has 0 aliphatic rings. The first-order valence-corrected chi connectivity index (χ1v) is 3.05. The van der Waals surface area contributed by atoms with E-state index in [2.05, 4.69) is 17.2 Å². The Kier molecular flexibility index (Phi) is 2.95. The Morgan fingerprint density at radius 1 is 1.58 bits per heavy atom. The topological polar surface area (TPSA) is 49.7 Å². The lowest BCUT2D eigenvalue weighted by atomic mass is 10.0. The molecule has 0 heterocycles. The van der Waals surface area contributed by atoms with Gasteiger partial charge in [-0.15, -0.1) is 0 Å². The van der Waals surface area contributed by atoms with Crippen LogP contribution in [0.1, 0.15) is 6.92 Å². The SMILES string of the molecule is CC(N=C=S)(C(=O)O)C(F)(F)F. The van der Waals surface area contributed by atoms with Gasteiger partial charge in [0.2, 0.25) is 0 Å². The average molecular weight is 199 g/mol. The largest absolute Gasteiger partial charge is 0.479 e. The molecule has 0 saturated heterocycles. The molecule has 0 amide bonds. The Labute approximate surface area is 70.9 Å². The van der Waals surface area contributed by atoms with E-state index in [1.54, 1.807) is 0 Å². The third kappa shape index (κ3) is 1.80. The number of carbonyl (C=O) groups is 1. The van der Waals surface area contributed by atoms with Gasteiger partial charge in [-0.05, 0) is 19.1 Å². The van der Waals surface area contributed by atoms with Gasteiger partial charge in [-0.1, -0.05) is 0 Å². The predicted octanol–water partition coefficient (Wildman–Crippen LogP) is 1.49. The molecule has 1 atom stereocenters. The lowest BCUT2D eigenvalue weighted by Gasteiger charge is -2.21. The van der Waals surface area contributed by atoms with Crippen LogP contribution in [0.25, 0.3) is 0 Å². The van der Waals surface area contributed by atoms with Crippen molar-refractivity contribution < 1.29 is 23.1 Å². The van der Waals surface area contributed by atoms with Gasteiger partial charge in [0, 0.05) is 0 Å². The quantitative estimate of drug-likeness (QED) is 0.541. The summed E-state index contributed by atoms with van der Waals surface area (Å²) in [5, 5.41) is 9.60.